The molecule has 0 amide bonds. The smallest absolute Gasteiger partial charge is 0.0233 e. The molecule has 0 nitrogen and oxygen atoms in total. The van der Waals surface area contributed by atoms with Crippen molar-refractivity contribution >= 4 is 0 Å². The zero-order chi connectivity index (χ0) is 19.7. The van der Waals surface area contributed by atoms with Crippen molar-refractivity contribution in [3.05, 3.63) is 104 Å². The number of rotatable bonds is 0. The second-order valence-electron chi connectivity index (χ2n) is 8.62. The molecule has 0 unspecified atom stereocenters. The van der Waals surface area contributed by atoms with Crippen LogP contribution < -0.4 is 0 Å². The van der Waals surface area contributed by atoms with Crippen molar-refractivity contribution in [3.8, 4) is 0 Å². The molecule has 0 aliphatic heterocycles. The second-order valence-corrected chi connectivity index (χ2v) is 8.62. The maximum Gasteiger partial charge on any atom is -0.0233 e. The average molecular weight is 401 g/mol. The maximum absolute atomic E-state index is 2.33. The van der Waals surface area contributed by atoms with E-state index < -0.39 is 0 Å². The Morgan fingerprint density at radius 1 is 0.467 bits per heavy atom. The Bertz CT molecular complexity index is 929. The van der Waals surface area contributed by atoms with Gasteiger partial charge in [0.05, 0.1) is 0 Å². The summed E-state index contributed by atoms with van der Waals surface area (Å²) in [6.45, 7) is 8.79. The lowest BCUT2D eigenvalue weighted by molar-refractivity contribution is 0.824. The van der Waals surface area contributed by atoms with Gasteiger partial charge < -0.3 is 0 Å². The molecule has 6 rings (SSSR count). The normalized spacial score (nSPS) is 13.3. The van der Waals surface area contributed by atoms with Crippen molar-refractivity contribution in [1.82, 2.24) is 0 Å². The molecule has 0 heterocycles. The van der Waals surface area contributed by atoms with Crippen LogP contribution in [0.4, 0.5) is 0 Å². The summed E-state index contributed by atoms with van der Waals surface area (Å²) < 4.78 is 0. The SMILES string of the molecule is C.C.Cc1cc2c(cc1C)CC2.Cc1ccc2c(c1C)CC2.c1ccc2c(c1)CC2. The zero-order valence-electron chi connectivity index (χ0n) is 17.9. The van der Waals surface area contributed by atoms with Gasteiger partial charge in [-0.15, -0.1) is 0 Å². The van der Waals surface area contributed by atoms with Crippen LogP contribution in [0.25, 0.3) is 0 Å². The van der Waals surface area contributed by atoms with Crippen LogP contribution in [-0.2, 0) is 38.5 Å². The van der Waals surface area contributed by atoms with Crippen molar-refractivity contribution in [2.75, 3.05) is 0 Å². The summed E-state index contributed by atoms with van der Waals surface area (Å²) in [5.74, 6) is 0. The van der Waals surface area contributed by atoms with Gasteiger partial charge in [-0.2, -0.15) is 0 Å². The number of aryl methyl sites for hydroxylation is 8. The second kappa shape index (κ2) is 10.1. The highest BCUT2D eigenvalue weighted by Crippen LogP contribution is 2.28. The van der Waals surface area contributed by atoms with Crippen molar-refractivity contribution in [1.29, 1.82) is 0 Å². The summed E-state index contributed by atoms with van der Waals surface area (Å²) in [5, 5.41) is 0. The van der Waals surface area contributed by atoms with Crippen LogP contribution in [0.2, 0.25) is 0 Å². The Morgan fingerprint density at radius 2 is 0.933 bits per heavy atom. The predicted octanol–water partition coefficient (Wildman–Crippen LogP) is 7.86. The summed E-state index contributed by atoms with van der Waals surface area (Å²) >= 11 is 0. The van der Waals surface area contributed by atoms with E-state index in [-0.39, 0.29) is 14.9 Å². The van der Waals surface area contributed by atoms with Gasteiger partial charge in [-0.1, -0.05) is 63.4 Å². The molecule has 0 atom stereocenters. The van der Waals surface area contributed by atoms with Gasteiger partial charge in [0.1, 0.15) is 0 Å². The van der Waals surface area contributed by atoms with E-state index >= 15 is 0 Å². The molecule has 0 spiro atoms. The molecule has 3 aromatic carbocycles. The van der Waals surface area contributed by atoms with E-state index in [2.05, 4.69) is 76.2 Å². The molecule has 3 aliphatic rings. The van der Waals surface area contributed by atoms with Crippen molar-refractivity contribution in [2.45, 2.75) is 81.1 Å². The van der Waals surface area contributed by atoms with E-state index in [1.54, 1.807) is 33.4 Å². The van der Waals surface area contributed by atoms with Gasteiger partial charge in [-0.05, 0) is 122 Å². The highest BCUT2D eigenvalue weighted by atomic mass is 14.2. The molecule has 0 saturated heterocycles. The number of benzene rings is 3. The molecule has 160 valence electrons. The van der Waals surface area contributed by atoms with E-state index in [1.807, 2.05) is 0 Å². The van der Waals surface area contributed by atoms with Crippen LogP contribution in [0.5, 0.6) is 0 Å². The molecule has 0 N–H and O–H groups in total. The van der Waals surface area contributed by atoms with E-state index in [0.717, 1.165) is 0 Å². The number of hydrogen-bond donors (Lipinski definition) is 0. The van der Waals surface area contributed by atoms with Crippen molar-refractivity contribution in [3.63, 3.8) is 0 Å². The van der Waals surface area contributed by atoms with Crippen LogP contribution in [0, 0.1) is 27.7 Å². The van der Waals surface area contributed by atoms with Crippen LogP contribution in [0.1, 0.15) is 70.5 Å². The highest BCUT2D eigenvalue weighted by Gasteiger charge is 2.15. The van der Waals surface area contributed by atoms with Gasteiger partial charge in [0.15, 0.2) is 0 Å². The Morgan fingerprint density at radius 3 is 1.27 bits per heavy atom. The number of hydrogen-bond acceptors (Lipinski definition) is 0. The molecule has 0 fully saturated rings. The van der Waals surface area contributed by atoms with Crippen LogP contribution >= 0.6 is 0 Å². The Kier molecular flexibility index (Phi) is 8.07. The first kappa shape index (κ1) is 23.9. The van der Waals surface area contributed by atoms with Gasteiger partial charge in [0, 0.05) is 0 Å². The van der Waals surface area contributed by atoms with Crippen LogP contribution in [-0.4, -0.2) is 0 Å². The minimum Gasteiger partial charge on any atom is -0.0776 e. The van der Waals surface area contributed by atoms with Gasteiger partial charge in [-0.25, -0.2) is 0 Å². The molecule has 0 saturated carbocycles. The fraction of sp³-hybridized carbons (Fsp3) is 0.400. The maximum atomic E-state index is 2.33. The van der Waals surface area contributed by atoms with Gasteiger partial charge >= 0.3 is 0 Å². The molecule has 0 radical (unpaired) electrons. The summed E-state index contributed by atoms with van der Waals surface area (Å²) in [6.07, 6.45) is 7.82. The molecule has 3 aliphatic carbocycles. The van der Waals surface area contributed by atoms with Gasteiger partial charge in [-0.3, -0.25) is 0 Å². The summed E-state index contributed by atoms with van der Waals surface area (Å²) in [7, 11) is 0. The Balaban J connectivity index is 0.000000156. The lowest BCUT2D eigenvalue weighted by Crippen LogP contribution is -2.10. The molecule has 3 aromatic rings. The zero-order valence-corrected chi connectivity index (χ0v) is 17.9. The lowest BCUT2D eigenvalue weighted by atomic mass is 9.83. The lowest BCUT2D eigenvalue weighted by Gasteiger charge is -2.22. The van der Waals surface area contributed by atoms with E-state index in [9.17, 15) is 0 Å². The molecule has 0 bridgehead atoms. The largest absolute Gasteiger partial charge is 0.0776 e. The molecule has 30 heavy (non-hydrogen) atoms. The van der Waals surface area contributed by atoms with E-state index in [1.165, 1.54) is 60.8 Å². The van der Waals surface area contributed by atoms with E-state index in [0.29, 0.717) is 0 Å². The Labute approximate surface area is 185 Å². The third kappa shape index (κ3) is 4.86. The standard InChI is InChI=1S/2C10H12.C8H8.2CH4/c1-7-5-9-3-4-10(9)6-8(7)2;1-7-3-4-9-5-6-10(9)8(7)2;1-2-4-8-6-5-7(8)3-1;;/h5-6H,3-4H2,1-2H3;3-4H,5-6H2,1-2H3;1-4H,5-6H2;2*1H4. The van der Waals surface area contributed by atoms with Crippen LogP contribution in [0.15, 0.2) is 48.5 Å². The first-order chi connectivity index (χ1) is 13.5. The fourth-order valence-corrected chi connectivity index (χ4v) is 4.23. The summed E-state index contributed by atoms with van der Waals surface area (Å²) in [4.78, 5) is 0. The quantitative estimate of drug-likeness (QED) is 0.360. The summed E-state index contributed by atoms with van der Waals surface area (Å²) in [6, 6.07) is 17.8. The Hall–Kier alpha value is -2.34. The third-order valence-electron chi connectivity index (χ3n) is 6.87. The van der Waals surface area contributed by atoms with E-state index in [4.69, 9.17) is 0 Å². The monoisotopic (exact) mass is 400 g/mol. The number of fused-ring (bicyclic) bond motifs is 3. The topological polar surface area (TPSA) is 0 Å². The van der Waals surface area contributed by atoms with Crippen molar-refractivity contribution < 1.29 is 0 Å². The predicted molar refractivity (Wildman–Crippen MR) is 134 cm³/mol. The summed E-state index contributed by atoms with van der Waals surface area (Å²) in [5.41, 5.74) is 15.3. The van der Waals surface area contributed by atoms with Crippen molar-refractivity contribution in [2.24, 2.45) is 0 Å². The minimum atomic E-state index is 0. The third-order valence-corrected chi connectivity index (χ3v) is 6.87. The van der Waals surface area contributed by atoms with Gasteiger partial charge in [0.25, 0.3) is 0 Å². The van der Waals surface area contributed by atoms with Crippen LogP contribution in [0.3, 0.4) is 0 Å². The van der Waals surface area contributed by atoms with Gasteiger partial charge in [0.2, 0.25) is 0 Å². The molecule has 0 aromatic heterocycles. The molecular weight excluding hydrogens is 360 g/mol. The highest BCUT2D eigenvalue weighted by molar-refractivity contribution is 5.45. The molecular formula is C30H40. The molecule has 0 heteroatoms. The first-order valence-corrected chi connectivity index (χ1v) is 10.8. The minimum absolute atomic E-state index is 0. The fourth-order valence-electron chi connectivity index (χ4n) is 4.23. The first-order valence-electron chi connectivity index (χ1n) is 10.8. The average Bonchev–Trinajstić information content (AvgIpc) is 2.62.